The molecule has 0 spiro atoms. The number of hydrogen-bond donors (Lipinski definition) is 2. The van der Waals surface area contributed by atoms with Crippen LogP contribution in [0.3, 0.4) is 0 Å². The lowest BCUT2D eigenvalue weighted by molar-refractivity contribution is -0.137. The molecule has 4 aromatic rings. The predicted octanol–water partition coefficient (Wildman–Crippen LogP) is 7.15. The van der Waals surface area contributed by atoms with Crippen LogP contribution in [0.15, 0.2) is 59.1 Å². The first kappa shape index (κ1) is 31.7. The summed E-state index contributed by atoms with van der Waals surface area (Å²) in [4.78, 5) is 33.7. The number of nitriles is 1. The zero-order valence-electron chi connectivity index (χ0n) is 25.1. The van der Waals surface area contributed by atoms with Crippen LogP contribution >= 0.6 is 0 Å². The zero-order valence-corrected chi connectivity index (χ0v) is 25.1. The summed E-state index contributed by atoms with van der Waals surface area (Å²) < 4.78 is 44.8. The Balaban J connectivity index is 1.07. The first-order valence-corrected chi connectivity index (χ1v) is 15.0. The average Bonchev–Trinajstić information content (AvgIpc) is 3.47. The smallest absolute Gasteiger partial charge is 0.416 e. The average molecular weight is 618 g/mol. The molecule has 2 amide bonds. The van der Waals surface area contributed by atoms with Crippen molar-refractivity contribution >= 4 is 22.9 Å². The standard InChI is InChI=1S/C34H34F3N5O3/c1-20(2)28-13-23(17-38)14-29-31(28)45-33(42-29)25-9-7-24(8-10-25)32(44)41-18-22-5-3-21(4-6-22)15-30(43)40-19-27-16-26(11-12-39-27)34(35,36)37/h7-14,16,20-22H,3-6,15,18-19H2,1-2H3,(H,40,43)(H,41,44). The second-order valence-electron chi connectivity index (χ2n) is 11.9. The molecule has 0 saturated heterocycles. The third-order valence-electron chi connectivity index (χ3n) is 8.27. The van der Waals surface area contributed by atoms with Crippen molar-refractivity contribution in [3.63, 3.8) is 0 Å². The molecular weight excluding hydrogens is 583 g/mol. The Morgan fingerprint density at radius 3 is 2.40 bits per heavy atom. The van der Waals surface area contributed by atoms with Crippen LogP contribution in [0.4, 0.5) is 13.2 Å². The Bertz CT molecular complexity index is 1720. The van der Waals surface area contributed by atoms with Gasteiger partial charge in [0.05, 0.1) is 29.4 Å². The summed E-state index contributed by atoms with van der Waals surface area (Å²) in [7, 11) is 0. The zero-order chi connectivity index (χ0) is 32.1. The molecule has 8 nitrogen and oxygen atoms in total. The van der Waals surface area contributed by atoms with Gasteiger partial charge in [-0.3, -0.25) is 14.6 Å². The van der Waals surface area contributed by atoms with Crippen molar-refractivity contribution < 1.29 is 27.2 Å². The molecule has 2 N–H and O–H groups in total. The summed E-state index contributed by atoms with van der Waals surface area (Å²) in [5.41, 5.74) is 3.34. The fourth-order valence-electron chi connectivity index (χ4n) is 5.69. The van der Waals surface area contributed by atoms with Gasteiger partial charge in [-0.2, -0.15) is 18.4 Å². The van der Waals surface area contributed by atoms with Gasteiger partial charge in [0.15, 0.2) is 5.58 Å². The quantitative estimate of drug-likeness (QED) is 0.206. The first-order chi connectivity index (χ1) is 21.5. The number of nitrogens with one attached hydrogen (secondary N) is 2. The first-order valence-electron chi connectivity index (χ1n) is 15.0. The highest BCUT2D eigenvalue weighted by atomic mass is 19.4. The molecule has 0 aliphatic heterocycles. The van der Waals surface area contributed by atoms with Crippen molar-refractivity contribution in [3.05, 3.63) is 82.7 Å². The fraction of sp³-hybridized carbons (Fsp3) is 0.382. The molecule has 2 aromatic carbocycles. The van der Waals surface area contributed by atoms with Crippen molar-refractivity contribution in [1.82, 2.24) is 20.6 Å². The molecule has 0 atom stereocenters. The van der Waals surface area contributed by atoms with E-state index in [1.165, 1.54) is 0 Å². The lowest BCUT2D eigenvalue weighted by atomic mass is 9.80. The Kier molecular flexibility index (Phi) is 9.51. The highest BCUT2D eigenvalue weighted by Gasteiger charge is 2.31. The van der Waals surface area contributed by atoms with Crippen LogP contribution in [0.25, 0.3) is 22.6 Å². The monoisotopic (exact) mass is 617 g/mol. The summed E-state index contributed by atoms with van der Waals surface area (Å²) in [5.74, 6) is 0.686. The van der Waals surface area contributed by atoms with Gasteiger partial charge in [0.1, 0.15) is 5.52 Å². The Hall–Kier alpha value is -4.72. The number of carbonyl (C=O) groups excluding carboxylic acids is 2. The van der Waals surface area contributed by atoms with Crippen molar-refractivity contribution in [2.75, 3.05) is 6.54 Å². The summed E-state index contributed by atoms with van der Waals surface area (Å²) in [6.45, 7) is 4.54. The minimum absolute atomic E-state index is 0.0534. The molecule has 11 heteroatoms. The van der Waals surface area contributed by atoms with Crippen LogP contribution in [-0.2, 0) is 17.5 Å². The van der Waals surface area contributed by atoms with Crippen molar-refractivity contribution in [1.29, 1.82) is 5.26 Å². The van der Waals surface area contributed by atoms with E-state index in [9.17, 15) is 28.0 Å². The van der Waals surface area contributed by atoms with E-state index in [0.717, 1.165) is 55.1 Å². The second-order valence-corrected chi connectivity index (χ2v) is 11.9. The SMILES string of the molecule is CC(C)c1cc(C#N)cc2nc(-c3ccc(C(=O)NCC4CCC(CC(=O)NCc5cc(C(F)(F)F)ccn5)CC4)cc3)oc12. The molecule has 0 bridgehead atoms. The third kappa shape index (κ3) is 7.87. The highest BCUT2D eigenvalue weighted by molar-refractivity contribution is 5.94. The molecule has 0 unspecified atom stereocenters. The fourth-order valence-corrected chi connectivity index (χ4v) is 5.69. The molecule has 234 valence electrons. The Morgan fingerprint density at radius 1 is 1.02 bits per heavy atom. The normalized spacial score (nSPS) is 16.8. The van der Waals surface area contributed by atoms with Crippen LogP contribution in [-0.4, -0.2) is 28.3 Å². The minimum atomic E-state index is -4.46. The van der Waals surface area contributed by atoms with Gasteiger partial charge in [-0.1, -0.05) is 13.8 Å². The number of nitrogens with zero attached hydrogens (tertiary/aromatic N) is 3. The number of carbonyl (C=O) groups is 2. The van der Waals surface area contributed by atoms with E-state index in [1.54, 1.807) is 30.3 Å². The van der Waals surface area contributed by atoms with Gasteiger partial charge in [-0.25, -0.2) is 4.98 Å². The van der Waals surface area contributed by atoms with E-state index in [-0.39, 0.29) is 35.9 Å². The van der Waals surface area contributed by atoms with E-state index in [1.807, 2.05) is 19.9 Å². The minimum Gasteiger partial charge on any atom is -0.436 e. The van der Waals surface area contributed by atoms with Crippen LogP contribution in [0, 0.1) is 23.2 Å². The van der Waals surface area contributed by atoms with Gasteiger partial charge in [0, 0.05) is 35.9 Å². The van der Waals surface area contributed by atoms with Crippen molar-refractivity contribution in [2.24, 2.45) is 11.8 Å². The highest BCUT2D eigenvalue weighted by Crippen LogP contribution is 2.33. The maximum atomic E-state index is 12.9. The van der Waals surface area contributed by atoms with Crippen LogP contribution in [0.2, 0.25) is 0 Å². The maximum Gasteiger partial charge on any atom is 0.416 e. The van der Waals surface area contributed by atoms with E-state index in [0.29, 0.717) is 47.0 Å². The lowest BCUT2D eigenvalue weighted by Gasteiger charge is -2.28. The number of benzene rings is 2. The van der Waals surface area contributed by atoms with E-state index >= 15 is 0 Å². The lowest BCUT2D eigenvalue weighted by Crippen LogP contribution is -2.32. The van der Waals surface area contributed by atoms with Gasteiger partial charge in [0.2, 0.25) is 11.8 Å². The molecular formula is C34H34F3N5O3. The molecule has 5 rings (SSSR count). The number of pyridine rings is 1. The Labute approximate surface area is 259 Å². The maximum absolute atomic E-state index is 12.9. The molecule has 2 aromatic heterocycles. The van der Waals surface area contributed by atoms with Gasteiger partial charge < -0.3 is 15.1 Å². The van der Waals surface area contributed by atoms with Gasteiger partial charge in [0.25, 0.3) is 5.91 Å². The number of oxazole rings is 1. The van der Waals surface area contributed by atoms with Gasteiger partial charge >= 0.3 is 6.18 Å². The van der Waals surface area contributed by atoms with Crippen LogP contribution < -0.4 is 10.6 Å². The molecule has 1 aliphatic rings. The summed E-state index contributed by atoms with van der Waals surface area (Å²) in [6, 6.07) is 14.6. The van der Waals surface area contributed by atoms with Crippen molar-refractivity contribution in [2.45, 2.75) is 64.6 Å². The summed E-state index contributed by atoms with van der Waals surface area (Å²) in [5, 5.41) is 15.1. The topological polar surface area (TPSA) is 121 Å². The number of alkyl halides is 3. The molecule has 45 heavy (non-hydrogen) atoms. The van der Waals surface area contributed by atoms with E-state index in [2.05, 4.69) is 26.7 Å². The predicted molar refractivity (Wildman–Crippen MR) is 162 cm³/mol. The van der Waals surface area contributed by atoms with Crippen molar-refractivity contribution in [3.8, 4) is 17.5 Å². The number of rotatable bonds is 9. The summed E-state index contributed by atoms with van der Waals surface area (Å²) in [6.07, 6.45) is 0.359. The molecule has 2 heterocycles. The Morgan fingerprint density at radius 2 is 1.73 bits per heavy atom. The second kappa shape index (κ2) is 13.5. The van der Waals surface area contributed by atoms with Crippen LogP contribution in [0.5, 0.6) is 0 Å². The molecule has 1 aliphatic carbocycles. The number of amides is 2. The number of halogens is 3. The molecule has 1 saturated carbocycles. The largest absolute Gasteiger partial charge is 0.436 e. The summed E-state index contributed by atoms with van der Waals surface area (Å²) >= 11 is 0. The van der Waals surface area contributed by atoms with E-state index < -0.39 is 11.7 Å². The number of fused-ring (bicyclic) bond motifs is 1. The third-order valence-corrected chi connectivity index (χ3v) is 8.27. The van der Waals surface area contributed by atoms with Gasteiger partial charge in [-0.05, 0) is 92.0 Å². The number of aromatic nitrogens is 2. The number of hydrogen-bond acceptors (Lipinski definition) is 6. The van der Waals surface area contributed by atoms with E-state index in [4.69, 9.17) is 4.42 Å². The van der Waals surface area contributed by atoms with Gasteiger partial charge in [-0.15, -0.1) is 0 Å². The molecule has 1 fully saturated rings. The van der Waals surface area contributed by atoms with Crippen LogP contribution in [0.1, 0.15) is 84.6 Å². The molecule has 0 radical (unpaired) electrons.